The minimum absolute atomic E-state index is 0.209. The molecule has 1 aromatic rings. The molecule has 0 aromatic heterocycles. The van der Waals surface area contributed by atoms with Crippen molar-refractivity contribution in [3.8, 4) is 0 Å². The topological polar surface area (TPSA) is 69.7 Å². The van der Waals surface area contributed by atoms with E-state index in [9.17, 15) is 13.2 Å². The van der Waals surface area contributed by atoms with E-state index < -0.39 is 9.84 Å². The number of carbonyl (C=O) groups excluding carboxylic acids is 1. The van der Waals surface area contributed by atoms with Crippen LogP contribution in [0.4, 0.5) is 0 Å². The zero-order chi connectivity index (χ0) is 25.6. The number of rotatable bonds is 5. The van der Waals surface area contributed by atoms with Gasteiger partial charge < -0.3 is 15.1 Å². The standard InChI is InChI=1S/C16H26O2S.C11H21N3O/c1-10(2)13-8-14(11(3)4)16(19(7,17)18)15(9-13)12(5)6;1-13-6-2-10(3-7-13)11(15)14-8-4-12-5-9-14/h8-12H,1-7H3;10,12H,2-9H2,1H3. The van der Waals surface area contributed by atoms with Crippen molar-refractivity contribution in [1.82, 2.24) is 15.1 Å². The van der Waals surface area contributed by atoms with E-state index in [1.807, 2.05) is 4.90 Å². The molecule has 34 heavy (non-hydrogen) atoms. The summed E-state index contributed by atoms with van der Waals surface area (Å²) in [6.45, 7) is 18.3. The first kappa shape index (κ1) is 28.8. The molecule has 0 aliphatic carbocycles. The number of piperidine rings is 1. The van der Waals surface area contributed by atoms with Gasteiger partial charge in [0.25, 0.3) is 0 Å². The van der Waals surface area contributed by atoms with Crippen molar-refractivity contribution in [2.75, 3.05) is 52.6 Å². The lowest BCUT2D eigenvalue weighted by Gasteiger charge is -2.34. The summed E-state index contributed by atoms with van der Waals surface area (Å²) in [5.74, 6) is 1.51. The Balaban J connectivity index is 0.000000246. The maximum atomic E-state index is 12.2. The van der Waals surface area contributed by atoms with E-state index in [-0.39, 0.29) is 11.8 Å². The number of sulfone groups is 1. The zero-order valence-corrected chi connectivity index (χ0v) is 23.5. The van der Waals surface area contributed by atoms with Gasteiger partial charge in [0.05, 0.1) is 4.90 Å². The van der Waals surface area contributed by atoms with Gasteiger partial charge in [0, 0.05) is 38.4 Å². The number of hydrogen-bond acceptors (Lipinski definition) is 5. The Morgan fingerprint density at radius 3 is 1.74 bits per heavy atom. The molecule has 2 fully saturated rings. The van der Waals surface area contributed by atoms with Crippen LogP contribution in [-0.4, -0.2) is 76.7 Å². The molecule has 0 radical (unpaired) electrons. The summed E-state index contributed by atoms with van der Waals surface area (Å²) in [5.41, 5.74) is 3.13. The molecule has 2 saturated heterocycles. The van der Waals surface area contributed by atoms with E-state index in [2.05, 4.69) is 70.9 Å². The van der Waals surface area contributed by atoms with Gasteiger partial charge in [-0.1, -0.05) is 53.7 Å². The molecule has 0 unspecified atom stereocenters. The summed E-state index contributed by atoms with van der Waals surface area (Å²) in [7, 11) is -1.07. The van der Waals surface area contributed by atoms with E-state index in [0.29, 0.717) is 22.6 Å². The molecule has 0 bridgehead atoms. The quantitative estimate of drug-likeness (QED) is 0.665. The molecule has 1 aromatic carbocycles. The molecular formula is C27H47N3O3S. The van der Waals surface area contributed by atoms with Crippen molar-refractivity contribution in [3.05, 3.63) is 28.8 Å². The normalized spacial score (nSPS) is 18.4. The Hall–Kier alpha value is -1.44. The summed E-state index contributed by atoms with van der Waals surface area (Å²) in [5, 5.41) is 3.28. The molecule has 3 rings (SSSR count). The number of nitrogens with one attached hydrogen (secondary N) is 1. The van der Waals surface area contributed by atoms with Crippen molar-refractivity contribution >= 4 is 15.7 Å². The van der Waals surface area contributed by atoms with Crippen LogP contribution in [0.3, 0.4) is 0 Å². The van der Waals surface area contributed by atoms with Crippen molar-refractivity contribution < 1.29 is 13.2 Å². The molecule has 2 heterocycles. The van der Waals surface area contributed by atoms with Crippen LogP contribution in [0, 0.1) is 5.92 Å². The summed E-state index contributed by atoms with van der Waals surface area (Å²) >= 11 is 0. The average Bonchev–Trinajstić information content (AvgIpc) is 2.78. The first-order chi connectivity index (χ1) is 15.8. The average molecular weight is 494 g/mol. The molecule has 2 aliphatic heterocycles. The predicted octanol–water partition coefficient (Wildman–Crippen LogP) is 4.22. The number of hydrogen-bond donors (Lipinski definition) is 1. The van der Waals surface area contributed by atoms with Crippen LogP contribution >= 0.6 is 0 Å². The number of benzene rings is 1. The molecule has 0 atom stereocenters. The summed E-state index contributed by atoms with van der Waals surface area (Å²) in [6, 6.07) is 4.13. The van der Waals surface area contributed by atoms with Gasteiger partial charge >= 0.3 is 0 Å². The van der Waals surface area contributed by atoms with Crippen LogP contribution in [-0.2, 0) is 14.6 Å². The van der Waals surface area contributed by atoms with Crippen LogP contribution in [0.5, 0.6) is 0 Å². The van der Waals surface area contributed by atoms with Crippen molar-refractivity contribution in [2.45, 2.75) is 77.0 Å². The minimum Gasteiger partial charge on any atom is -0.340 e. The maximum Gasteiger partial charge on any atom is 0.225 e. The first-order valence-corrected chi connectivity index (χ1v) is 14.8. The molecule has 1 N–H and O–H groups in total. The minimum atomic E-state index is -3.20. The third kappa shape index (κ3) is 7.79. The van der Waals surface area contributed by atoms with Crippen molar-refractivity contribution in [1.29, 1.82) is 0 Å². The maximum absolute atomic E-state index is 12.2. The second-order valence-electron chi connectivity index (χ2n) is 10.9. The fraction of sp³-hybridized carbons (Fsp3) is 0.741. The van der Waals surface area contributed by atoms with E-state index in [1.54, 1.807) is 0 Å². The monoisotopic (exact) mass is 493 g/mol. The van der Waals surface area contributed by atoms with Gasteiger partial charge in [-0.2, -0.15) is 0 Å². The Morgan fingerprint density at radius 1 is 0.882 bits per heavy atom. The van der Waals surface area contributed by atoms with Crippen molar-refractivity contribution in [3.63, 3.8) is 0 Å². The highest BCUT2D eigenvalue weighted by Crippen LogP contribution is 2.34. The van der Waals surface area contributed by atoms with Crippen molar-refractivity contribution in [2.24, 2.45) is 5.92 Å². The SMILES string of the molecule is CC(C)c1cc(C(C)C)c(S(C)(=O)=O)c(C(C)C)c1.CN1CCC(C(=O)N2CCNCC2)CC1. The van der Waals surface area contributed by atoms with Gasteiger partial charge in [0.2, 0.25) is 5.91 Å². The number of carbonyl (C=O) groups is 1. The van der Waals surface area contributed by atoms with Crippen LogP contribution in [0.25, 0.3) is 0 Å². The molecular weight excluding hydrogens is 446 g/mol. The molecule has 194 valence electrons. The molecule has 2 aliphatic rings. The Bertz CT molecular complexity index is 882. The fourth-order valence-electron chi connectivity index (χ4n) is 4.72. The summed E-state index contributed by atoms with van der Waals surface area (Å²) < 4.78 is 24.3. The van der Waals surface area contributed by atoms with Crippen LogP contribution in [0.2, 0.25) is 0 Å². The third-order valence-electron chi connectivity index (χ3n) is 6.95. The highest BCUT2D eigenvalue weighted by molar-refractivity contribution is 7.90. The van der Waals surface area contributed by atoms with E-state index >= 15 is 0 Å². The summed E-state index contributed by atoms with van der Waals surface area (Å²) in [4.78, 5) is 17.0. The highest BCUT2D eigenvalue weighted by atomic mass is 32.2. The van der Waals surface area contributed by atoms with E-state index in [1.165, 1.54) is 11.8 Å². The lowest BCUT2D eigenvalue weighted by Crippen LogP contribution is -2.49. The molecule has 0 spiro atoms. The van der Waals surface area contributed by atoms with Crippen LogP contribution in [0.1, 0.15) is 88.8 Å². The predicted molar refractivity (Wildman–Crippen MR) is 141 cm³/mol. The van der Waals surface area contributed by atoms with Gasteiger partial charge in [-0.3, -0.25) is 4.79 Å². The van der Waals surface area contributed by atoms with Crippen LogP contribution in [0.15, 0.2) is 17.0 Å². The smallest absolute Gasteiger partial charge is 0.225 e. The Morgan fingerprint density at radius 2 is 1.35 bits per heavy atom. The number of nitrogens with zero attached hydrogens (tertiary/aromatic N) is 2. The lowest BCUT2D eigenvalue weighted by molar-refractivity contribution is -0.137. The van der Waals surface area contributed by atoms with E-state index in [4.69, 9.17) is 0 Å². The van der Waals surface area contributed by atoms with E-state index in [0.717, 1.165) is 63.2 Å². The highest BCUT2D eigenvalue weighted by Gasteiger charge is 2.28. The second kappa shape index (κ2) is 12.5. The lowest BCUT2D eigenvalue weighted by atomic mass is 9.89. The molecule has 1 amide bonds. The fourth-order valence-corrected chi connectivity index (χ4v) is 6.16. The van der Waals surface area contributed by atoms with Gasteiger partial charge in [-0.05, 0) is 67.4 Å². The third-order valence-corrected chi connectivity index (χ3v) is 8.16. The van der Waals surface area contributed by atoms with Gasteiger partial charge in [-0.25, -0.2) is 8.42 Å². The van der Waals surface area contributed by atoms with Gasteiger partial charge in [0.1, 0.15) is 0 Å². The second-order valence-corrected chi connectivity index (χ2v) is 12.9. The first-order valence-electron chi connectivity index (χ1n) is 12.9. The molecule has 7 heteroatoms. The molecule has 0 saturated carbocycles. The number of piperazine rings is 1. The zero-order valence-electron chi connectivity index (χ0n) is 22.6. The Kier molecular flexibility index (Phi) is 10.6. The number of amides is 1. The van der Waals surface area contributed by atoms with Gasteiger partial charge in [0.15, 0.2) is 9.84 Å². The Labute approximate surface area is 208 Å². The number of likely N-dealkylation sites (tertiary alicyclic amines) is 1. The molecule has 6 nitrogen and oxygen atoms in total. The largest absolute Gasteiger partial charge is 0.340 e. The van der Waals surface area contributed by atoms with Crippen LogP contribution < -0.4 is 5.32 Å². The summed E-state index contributed by atoms with van der Waals surface area (Å²) in [6.07, 6.45) is 3.40. The van der Waals surface area contributed by atoms with Gasteiger partial charge in [-0.15, -0.1) is 0 Å².